The number of aryl methyl sites for hydroxylation is 1. The number of carbonyl (C=O) groups is 1. The smallest absolute Gasteiger partial charge is 0.410 e. The molecule has 3 heterocycles. The van der Waals surface area contributed by atoms with Gasteiger partial charge in [-0.05, 0) is 69.9 Å². The molecule has 2 aromatic heterocycles. The highest BCUT2D eigenvalue weighted by molar-refractivity contribution is 5.95. The van der Waals surface area contributed by atoms with Crippen molar-refractivity contribution in [2.24, 2.45) is 0 Å². The average Bonchev–Trinajstić information content (AvgIpc) is 2.97. The van der Waals surface area contributed by atoms with Gasteiger partial charge >= 0.3 is 11.8 Å². The second-order valence-electron chi connectivity index (χ2n) is 12.9. The fraction of sp³-hybridized carbons (Fsp3) is 0.412. The van der Waals surface area contributed by atoms with E-state index in [4.69, 9.17) is 4.74 Å². The lowest BCUT2D eigenvalue weighted by Gasteiger charge is -2.41. The Bertz CT molecular complexity index is 1890. The van der Waals surface area contributed by atoms with Crippen LogP contribution in [0.3, 0.4) is 0 Å². The minimum absolute atomic E-state index is 0.0178. The lowest BCUT2D eigenvalue weighted by Crippen LogP contribution is -2.55. The highest BCUT2D eigenvalue weighted by Gasteiger charge is 2.34. The summed E-state index contributed by atoms with van der Waals surface area (Å²) in [4.78, 5) is 39.0. The minimum Gasteiger partial charge on any atom is -0.444 e. The zero-order valence-electron chi connectivity index (χ0n) is 27.0. The van der Waals surface area contributed by atoms with Gasteiger partial charge in [0.05, 0.1) is 29.1 Å². The highest BCUT2D eigenvalue weighted by Crippen LogP contribution is 2.39. The molecule has 4 aromatic rings. The van der Waals surface area contributed by atoms with Crippen LogP contribution in [0.5, 0.6) is 0 Å². The molecule has 1 aliphatic heterocycles. The van der Waals surface area contributed by atoms with Gasteiger partial charge in [-0.2, -0.15) is 4.98 Å². The number of pyridine rings is 1. The summed E-state index contributed by atoms with van der Waals surface area (Å²) < 4.78 is 55.1. The molecule has 0 bridgehead atoms. The number of halogens is 3. The first-order valence-corrected chi connectivity index (χ1v) is 15.2. The number of aliphatic hydroxyl groups is 1. The van der Waals surface area contributed by atoms with Crippen LogP contribution in [0.15, 0.2) is 41.3 Å². The van der Waals surface area contributed by atoms with Crippen molar-refractivity contribution in [1.29, 1.82) is 0 Å². The maximum atomic E-state index is 17.1. The number of aromatic nitrogens is 3. The van der Waals surface area contributed by atoms with E-state index in [1.165, 1.54) is 17.0 Å². The van der Waals surface area contributed by atoms with Gasteiger partial charge in [0.25, 0.3) is 0 Å². The van der Waals surface area contributed by atoms with E-state index in [9.17, 15) is 14.7 Å². The Morgan fingerprint density at radius 2 is 1.83 bits per heavy atom. The Balaban J connectivity index is 1.80. The van der Waals surface area contributed by atoms with Gasteiger partial charge in [-0.1, -0.05) is 26.0 Å². The van der Waals surface area contributed by atoms with Crippen LogP contribution < -0.4 is 10.6 Å². The molecule has 0 saturated carbocycles. The van der Waals surface area contributed by atoms with E-state index in [0.29, 0.717) is 16.9 Å². The number of nitrogens with zero attached hydrogens (tertiary/aromatic N) is 5. The Labute approximate surface area is 265 Å². The maximum Gasteiger partial charge on any atom is 0.410 e. The van der Waals surface area contributed by atoms with Gasteiger partial charge in [-0.25, -0.2) is 22.8 Å². The molecule has 0 radical (unpaired) electrons. The van der Waals surface area contributed by atoms with Gasteiger partial charge < -0.3 is 19.6 Å². The number of anilines is 1. The molecule has 1 aliphatic rings. The van der Waals surface area contributed by atoms with Crippen molar-refractivity contribution in [1.82, 2.24) is 19.4 Å². The summed E-state index contributed by atoms with van der Waals surface area (Å²) in [6, 6.07) is 6.07. The predicted molar refractivity (Wildman–Crippen MR) is 170 cm³/mol. The van der Waals surface area contributed by atoms with Gasteiger partial charge in [0.1, 0.15) is 23.1 Å². The van der Waals surface area contributed by atoms with Crippen LogP contribution in [0.25, 0.3) is 27.7 Å². The van der Waals surface area contributed by atoms with E-state index in [0.717, 1.165) is 16.7 Å². The van der Waals surface area contributed by atoms with E-state index >= 15 is 13.2 Å². The van der Waals surface area contributed by atoms with Gasteiger partial charge in [-0.15, -0.1) is 0 Å². The fourth-order valence-electron chi connectivity index (χ4n) is 5.98. The molecule has 9 nitrogen and oxygen atoms in total. The number of carbonyl (C=O) groups excluding carboxylic acids is 1. The van der Waals surface area contributed by atoms with Crippen LogP contribution in [-0.4, -0.2) is 61.9 Å². The Kier molecular flexibility index (Phi) is 8.87. The van der Waals surface area contributed by atoms with Crippen molar-refractivity contribution in [3.05, 3.63) is 81.3 Å². The molecule has 1 saturated heterocycles. The van der Waals surface area contributed by atoms with E-state index < -0.39 is 58.6 Å². The van der Waals surface area contributed by atoms with Crippen molar-refractivity contribution in [3.8, 4) is 16.8 Å². The fourth-order valence-corrected chi connectivity index (χ4v) is 5.98. The zero-order chi connectivity index (χ0) is 33.7. The number of benzene rings is 2. The maximum absolute atomic E-state index is 17.1. The summed E-state index contributed by atoms with van der Waals surface area (Å²) in [5, 5.41) is 9.93. The highest BCUT2D eigenvalue weighted by atomic mass is 19.1. The quantitative estimate of drug-likeness (QED) is 0.277. The minimum atomic E-state index is -1.19. The van der Waals surface area contributed by atoms with E-state index in [2.05, 4.69) is 9.97 Å². The van der Waals surface area contributed by atoms with Crippen molar-refractivity contribution in [2.75, 3.05) is 24.5 Å². The van der Waals surface area contributed by atoms with Gasteiger partial charge in [0.2, 0.25) is 0 Å². The molecule has 5 rings (SSSR count). The van der Waals surface area contributed by atoms with Crippen LogP contribution >= 0.6 is 0 Å². The summed E-state index contributed by atoms with van der Waals surface area (Å²) in [5.41, 5.74) is -1.63. The third-order valence-corrected chi connectivity index (χ3v) is 8.05. The summed E-state index contributed by atoms with van der Waals surface area (Å²) >= 11 is 0. The molecule has 12 heteroatoms. The van der Waals surface area contributed by atoms with Crippen molar-refractivity contribution < 1.29 is 27.8 Å². The average molecular weight is 638 g/mol. The molecule has 244 valence electrons. The summed E-state index contributed by atoms with van der Waals surface area (Å²) in [6.45, 7) is 12.6. The summed E-state index contributed by atoms with van der Waals surface area (Å²) in [6.07, 6.45) is 1.09. The zero-order valence-corrected chi connectivity index (χ0v) is 27.0. The molecule has 1 atom stereocenters. The topological polar surface area (TPSA) is 101 Å². The molecule has 1 amide bonds. The van der Waals surface area contributed by atoms with Crippen molar-refractivity contribution >= 4 is 22.8 Å². The molecule has 1 N–H and O–H groups in total. The molecule has 1 fully saturated rings. The Hall–Kier alpha value is -4.45. The van der Waals surface area contributed by atoms with Crippen LogP contribution in [0, 0.1) is 24.4 Å². The first kappa shape index (κ1) is 32.9. The Morgan fingerprint density at radius 1 is 1.11 bits per heavy atom. The van der Waals surface area contributed by atoms with Gasteiger partial charge in [0.15, 0.2) is 5.82 Å². The van der Waals surface area contributed by atoms with Gasteiger partial charge in [-0.3, -0.25) is 9.55 Å². The largest absolute Gasteiger partial charge is 0.444 e. The number of piperazine rings is 1. The predicted octanol–water partition coefficient (Wildman–Crippen LogP) is 6.23. The Morgan fingerprint density at radius 3 is 2.46 bits per heavy atom. The molecule has 0 spiro atoms. The lowest BCUT2D eigenvalue weighted by atomic mass is 9.96. The normalized spacial score (nSPS) is 15.6. The lowest BCUT2D eigenvalue weighted by molar-refractivity contribution is 0.0218. The van der Waals surface area contributed by atoms with E-state index in [1.54, 1.807) is 44.9 Å². The standard InChI is InChI=1S/C34H38F3N5O4/c1-18(2)28-29(19(3)11-12-38-28)42-30-22(15-24(36)26(27(30)37)25-21(17-43)9-8-10-23(25)35)31(39-32(42)44)41-14-13-40(16-20(41)4)33(45)46-34(5,6)7/h8-12,15,18,20,43H,13-14,16-17H2,1-7H3/t20-/m0/s1. The number of aliphatic hydroxyl groups excluding tert-OH is 1. The molecular formula is C34H38F3N5O4. The number of ether oxygens (including phenoxy) is 1. The molecule has 0 aliphatic carbocycles. The number of hydrogen-bond donors (Lipinski definition) is 1. The number of fused-ring (bicyclic) bond motifs is 1. The number of hydrogen-bond acceptors (Lipinski definition) is 7. The second kappa shape index (κ2) is 12.4. The van der Waals surface area contributed by atoms with Crippen molar-refractivity contribution in [2.45, 2.75) is 72.6 Å². The molecular weight excluding hydrogens is 599 g/mol. The van der Waals surface area contributed by atoms with Crippen LogP contribution in [0.4, 0.5) is 23.8 Å². The first-order chi connectivity index (χ1) is 21.6. The van der Waals surface area contributed by atoms with Crippen LogP contribution in [0.2, 0.25) is 0 Å². The SMILES string of the molecule is Cc1ccnc(C(C)C)c1-n1c(=O)nc(N2CCN(C(=O)OC(C)(C)C)C[C@@H]2C)c2cc(F)c(-c3c(F)cccc3CO)c(F)c21. The summed E-state index contributed by atoms with van der Waals surface area (Å²) in [5.74, 6) is -3.37. The van der Waals surface area contributed by atoms with E-state index in [1.807, 2.05) is 20.8 Å². The number of amides is 1. The molecule has 46 heavy (non-hydrogen) atoms. The van der Waals surface area contributed by atoms with Crippen LogP contribution in [0.1, 0.15) is 64.3 Å². The van der Waals surface area contributed by atoms with E-state index in [-0.39, 0.29) is 47.8 Å². The van der Waals surface area contributed by atoms with Gasteiger partial charge in [0, 0.05) is 42.8 Å². The second-order valence-corrected chi connectivity index (χ2v) is 12.9. The molecule has 2 aromatic carbocycles. The summed E-state index contributed by atoms with van der Waals surface area (Å²) in [7, 11) is 0. The molecule has 0 unspecified atom stereocenters. The monoisotopic (exact) mass is 637 g/mol. The third-order valence-electron chi connectivity index (χ3n) is 8.05. The van der Waals surface area contributed by atoms with Crippen molar-refractivity contribution in [3.63, 3.8) is 0 Å². The van der Waals surface area contributed by atoms with Crippen LogP contribution in [-0.2, 0) is 11.3 Å². The number of rotatable bonds is 5. The first-order valence-electron chi connectivity index (χ1n) is 15.2. The third kappa shape index (κ3) is 5.93.